The number of anilines is 1. The van der Waals surface area contributed by atoms with Crippen LogP contribution in [0.1, 0.15) is 6.92 Å². The molecule has 16 heavy (non-hydrogen) atoms. The maximum atomic E-state index is 5.89. The van der Waals surface area contributed by atoms with Gasteiger partial charge in [-0.25, -0.2) is 0 Å². The van der Waals surface area contributed by atoms with Gasteiger partial charge in [-0.05, 0) is 31.2 Å². The van der Waals surface area contributed by atoms with E-state index in [1.165, 1.54) is 0 Å². The highest BCUT2D eigenvalue weighted by molar-refractivity contribution is 6.30. The van der Waals surface area contributed by atoms with E-state index in [-0.39, 0.29) is 0 Å². The molecule has 1 atom stereocenters. The molecule has 0 spiro atoms. The third-order valence-corrected chi connectivity index (χ3v) is 3.21. The normalized spacial score (nSPS) is 17.9. The van der Waals surface area contributed by atoms with E-state index in [4.69, 9.17) is 22.1 Å². The Hall–Kier alpha value is -0.770. The molecule has 1 saturated heterocycles. The molecule has 1 aliphatic heterocycles. The first-order valence-corrected chi connectivity index (χ1v) is 5.92. The molecule has 0 aliphatic carbocycles. The summed E-state index contributed by atoms with van der Waals surface area (Å²) in [5.41, 5.74) is 6.91. The molecule has 3 nitrogen and oxygen atoms in total. The van der Waals surface area contributed by atoms with Crippen molar-refractivity contribution < 1.29 is 4.74 Å². The fourth-order valence-electron chi connectivity index (χ4n) is 1.94. The Morgan fingerprint density at radius 3 is 2.50 bits per heavy atom. The van der Waals surface area contributed by atoms with Crippen LogP contribution in [0.5, 0.6) is 0 Å². The van der Waals surface area contributed by atoms with Crippen LogP contribution < -0.4 is 10.6 Å². The quantitative estimate of drug-likeness (QED) is 0.874. The van der Waals surface area contributed by atoms with Crippen LogP contribution in [0, 0.1) is 0 Å². The molecule has 4 heteroatoms. The summed E-state index contributed by atoms with van der Waals surface area (Å²) in [6.45, 7) is 4.34. The summed E-state index contributed by atoms with van der Waals surface area (Å²) < 4.78 is 5.25. The summed E-state index contributed by atoms with van der Waals surface area (Å²) in [7, 11) is 0. The molecule has 2 rings (SSSR count). The first-order chi connectivity index (χ1) is 7.72. The van der Waals surface area contributed by atoms with Crippen LogP contribution >= 0.6 is 11.6 Å². The van der Waals surface area contributed by atoms with E-state index in [0.29, 0.717) is 18.6 Å². The van der Waals surface area contributed by atoms with Gasteiger partial charge >= 0.3 is 0 Å². The number of hydrogen-bond donors (Lipinski definition) is 1. The average molecular weight is 241 g/mol. The van der Waals surface area contributed by atoms with Crippen molar-refractivity contribution in [3.8, 4) is 0 Å². The van der Waals surface area contributed by atoms with Gasteiger partial charge in [-0.3, -0.25) is 0 Å². The molecule has 88 valence electrons. The predicted molar refractivity (Wildman–Crippen MR) is 67.1 cm³/mol. The summed E-state index contributed by atoms with van der Waals surface area (Å²) >= 11 is 5.89. The third-order valence-electron chi connectivity index (χ3n) is 2.95. The van der Waals surface area contributed by atoms with E-state index >= 15 is 0 Å². The number of halogens is 1. The molecule has 1 aromatic rings. The highest BCUT2D eigenvalue weighted by Gasteiger charge is 2.29. The van der Waals surface area contributed by atoms with E-state index in [1.54, 1.807) is 0 Å². The summed E-state index contributed by atoms with van der Waals surface area (Å²) in [6, 6.07) is 8.65. The van der Waals surface area contributed by atoms with Gasteiger partial charge in [-0.1, -0.05) is 11.6 Å². The van der Waals surface area contributed by atoms with Crippen LogP contribution in [0.2, 0.25) is 5.02 Å². The minimum Gasteiger partial charge on any atom is -0.377 e. The lowest BCUT2D eigenvalue weighted by Crippen LogP contribution is -2.54. The summed E-state index contributed by atoms with van der Waals surface area (Å²) in [4.78, 5) is 2.32. The van der Waals surface area contributed by atoms with Crippen LogP contribution in [0.3, 0.4) is 0 Å². The maximum absolute atomic E-state index is 5.89. The lowest BCUT2D eigenvalue weighted by atomic mass is 10.1. The molecule has 0 bridgehead atoms. The van der Waals surface area contributed by atoms with Crippen LogP contribution in [0.4, 0.5) is 5.69 Å². The van der Waals surface area contributed by atoms with Crippen molar-refractivity contribution in [2.75, 3.05) is 24.7 Å². The Balaban J connectivity index is 2.20. The summed E-state index contributed by atoms with van der Waals surface area (Å²) in [5.74, 6) is 0. The Morgan fingerprint density at radius 2 is 2.06 bits per heavy atom. The number of nitrogens with two attached hydrogens (primary N) is 1. The number of benzene rings is 1. The predicted octanol–water partition coefficient (Wildman–Crippen LogP) is 1.89. The van der Waals surface area contributed by atoms with Gasteiger partial charge in [0.2, 0.25) is 0 Å². The molecule has 2 N–H and O–H groups in total. The zero-order chi connectivity index (χ0) is 11.5. The van der Waals surface area contributed by atoms with Gasteiger partial charge in [-0.15, -0.1) is 0 Å². The van der Waals surface area contributed by atoms with Crippen molar-refractivity contribution in [2.45, 2.75) is 19.0 Å². The zero-order valence-corrected chi connectivity index (χ0v) is 10.2. The summed E-state index contributed by atoms with van der Waals surface area (Å²) in [6.07, 6.45) is 0. The minimum absolute atomic E-state index is 0.315. The van der Waals surface area contributed by atoms with Crippen molar-refractivity contribution in [1.82, 2.24) is 0 Å². The molecular weight excluding hydrogens is 224 g/mol. The first-order valence-electron chi connectivity index (χ1n) is 5.54. The Morgan fingerprint density at radius 1 is 1.44 bits per heavy atom. The fourth-order valence-corrected chi connectivity index (χ4v) is 2.06. The molecule has 0 radical (unpaired) electrons. The lowest BCUT2D eigenvalue weighted by molar-refractivity contribution is 0.00551. The monoisotopic (exact) mass is 240 g/mol. The maximum Gasteiger partial charge on any atom is 0.0760 e. The van der Waals surface area contributed by atoms with Crippen LogP contribution in [-0.4, -0.2) is 31.8 Å². The lowest BCUT2D eigenvalue weighted by Gasteiger charge is -2.42. The van der Waals surface area contributed by atoms with Crippen LogP contribution in [0.15, 0.2) is 24.3 Å². The van der Waals surface area contributed by atoms with E-state index in [1.807, 2.05) is 24.3 Å². The van der Waals surface area contributed by atoms with Gasteiger partial charge in [0, 0.05) is 23.3 Å². The van der Waals surface area contributed by atoms with Gasteiger partial charge in [0.25, 0.3) is 0 Å². The second-order valence-electron chi connectivity index (χ2n) is 4.16. The fraction of sp³-hybridized carbons (Fsp3) is 0.500. The first kappa shape index (κ1) is 11.7. The van der Waals surface area contributed by atoms with E-state index in [0.717, 1.165) is 23.9 Å². The van der Waals surface area contributed by atoms with Crippen molar-refractivity contribution in [2.24, 2.45) is 5.73 Å². The number of hydrogen-bond acceptors (Lipinski definition) is 3. The van der Waals surface area contributed by atoms with Gasteiger partial charge in [0.1, 0.15) is 0 Å². The van der Waals surface area contributed by atoms with Gasteiger partial charge < -0.3 is 15.4 Å². The molecule has 0 amide bonds. The second-order valence-corrected chi connectivity index (χ2v) is 4.60. The Kier molecular flexibility index (Phi) is 3.69. The summed E-state index contributed by atoms with van der Waals surface area (Å²) in [5, 5.41) is 0.758. The van der Waals surface area contributed by atoms with Crippen molar-refractivity contribution >= 4 is 17.3 Å². The number of rotatable bonds is 4. The average Bonchev–Trinajstić information content (AvgIpc) is 2.24. The van der Waals surface area contributed by atoms with Gasteiger partial charge in [0.15, 0.2) is 0 Å². The van der Waals surface area contributed by atoms with Crippen LogP contribution in [0.25, 0.3) is 0 Å². The third kappa shape index (κ3) is 2.32. The highest BCUT2D eigenvalue weighted by Crippen LogP contribution is 2.25. The van der Waals surface area contributed by atoms with E-state index in [2.05, 4.69) is 11.8 Å². The standard InChI is InChI=1S/C12H17ClN2O/c1-9(6-14)15(12-7-16-8-12)11-4-2-10(13)3-5-11/h2-5,9,12H,6-8,14H2,1H3. The number of ether oxygens (including phenoxy) is 1. The van der Waals surface area contributed by atoms with Gasteiger partial charge in [-0.2, -0.15) is 0 Å². The van der Waals surface area contributed by atoms with Gasteiger partial charge in [0.05, 0.1) is 19.3 Å². The molecule has 1 heterocycles. The minimum atomic E-state index is 0.315. The van der Waals surface area contributed by atoms with Crippen LogP contribution in [-0.2, 0) is 4.74 Å². The van der Waals surface area contributed by atoms with E-state index < -0.39 is 0 Å². The molecular formula is C12H17ClN2O. The molecule has 1 fully saturated rings. The smallest absolute Gasteiger partial charge is 0.0760 e. The molecule has 1 aliphatic rings. The number of nitrogens with zero attached hydrogens (tertiary/aromatic N) is 1. The van der Waals surface area contributed by atoms with Crippen molar-refractivity contribution in [3.05, 3.63) is 29.3 Å². The Bertz CT molecular complexity index is 333. The van der Waals surface area contributed by atoms with Crippen molar-refractivity contribution in [1.29, 1.82) is 0 Å². The zero-order valence-electron chi connectivity index (χ0n) is 9.40. The molecule has 0 aromatic heterocycles. The SMILES string of the molecule is CC(CN)N(c1ccc(Cl)cc1)C1COC1. The topological polar surface area (TPSA) is 38.5 Å². The molecule has 1 aromatic carbocycles. The largest absolute Gasteiger partial charge is 0.377 e. The molecule has 1 unspecified atom stereocenters. The van der Waals surface area contributed by atoms with E-state index in [9.17, 15) is 0 Å². The Labute approximate surface area is 101 Å². The molecule has 0 saturated carbocycles. The second kappa shape index (κ2) is 5.04. The highest BCUT2D eigenvalue weighted by atomic mass is 35.5. The van der Waals surface area contributed by atoms with Crippen molar-refractivity contribution in [3.63, 3.8) is 0 Å².